The van der Waals surface area contributed by atoms with Gasteiger partial charge in [0.05, 0.1) is 6.42 Å². The Labute approximate surface area is 140 Å². The first-order chi connectivity index (χ1) is 11.7. The van der Waals surface area contributed by atoms with Crippen LogP contribution in [-0.4, -0.2) is 73.7 Å². The van der Waals surface area contributed by atoms with E-state index in [1.807, 2.05) is 0 Å². The number of carbonyl (C=O) groups excluding carboxylic acids is 3. The molecule has 0 aromatic carbocycles. The highest BCUT2D eigenvalue weighted by Gasteiger charge is 2.45. The molecular formula is C12H18N6O7. The number of hydrogen-bond donors (Lipinski definition) is 5. The minimum Gasteiger partial charge on any atom is -0.462 e. The molecule has 5 atom stereocenters. The average Bonchev–Trinajstić information content (AvgIpc) is 3.11. The maximum Gasteiger partial charge on any atom is 0.323 e. The van der Waals surface area contributed by atoms with Crippen LogP contribution in [0.3, 0.4) is 0 Å². The molecule has 0 bridgehead atoms. The molecule has 0 saturated carbocycles. The molecular weight excluding hydrogens is 340 g/mol. The second-order valence-electron chi connectivity index (χ2n) is 5.37. The molecule has 1 aromatic heterocycles. The van der Waals surface area contributed by atoms with Crippen molar-refractivity contribution >= 4 is 17.8 Å². The Bertz CT molecular complexity index is 664. The highest BCUT2D eigenvalue weighted by atomic mass is 16.6. The number of aliphatic hydroxyl groups is 2. The number of aromatic nitrogens is 3. The van der Waals surface area contributed by atoms with E-state index in [0.29, 0.717) is 0 Å². The molecule has 2 heterocycles. The predicted molar refractivity (Wildman–Crippen MR) is 77.2 cm³/mol. The molecule has 13 nitrogen and oxygen atoms in total. The van der Waals surface area contributed by atoms with E-state index in [2.05, 4.69) is 10.1 Å². The molecule has 2 amide bonds. The van der Waals surface area contributed by atoms with Crippen LogP contribution in [0.2, 0.25) is 0 Å². The molecule has 25 heavy (non-hydrogen) atoms. The summed E-state index contributed by atoms with van der Waals surface area (Å²) in [4.78, 5) is 36.9. The molecule has 13 heteroatoms. The molecule has 1 aromatic rings. The number of nitrogens with two attached hydrogens (primary N) is 3. The summed E-state index contributed by atoms with van der Waals surface area (Å²) in [7, 11) is 0. The van der Waals surface area contributed by atoms with Crippen molar-refractivity contribution in [1.82, 2.24) is 14.8 Å². The van der Waals surface area contributed by atoms with Crippen LogP contribution in [0.4, 0.5) is 0 Å². The van der Waals surface area contributed by atoms with Gasteiger partial charge in [0.1, 0.15) is 37.3 Å². The van der Waals surface area contributed by atoms with E-state index in [-0.39, 0.29) is 5.82 Å². The summed E-state index contributed by atoms with van der Waals surface area (Å²) in [5.41, 5.74) is 15.4. The van der Waals surface area contributed by atoms with Crippen LogP contribution in [0.15, 0.2) is 6.33 Å². The Kier molecular flexibility index (Phi) is 5.63. The number of nitrogens with zero attached hydrogens (tertiary/aromatic N) is 3. The Morgan fingerprint density at radius 1 is 1.32 bits per heavy atom. The van der Waals surface area contributed by atoms with Crippen LogP contribution in [0.5, 0.6) is 0 Å². The van der Waals surface area contributed by atoms with Gasteiger partial charge in [-0.3, -0.25) is 14.4 Å². The lowest BCUT2D eigenvalue weighted by molar-refractivity contribution is -0.152. The van der Waals surface area contributed by atoms with Gasteiger partial charge in [-0.15, -0.1) is 5.10 Å². The number of esters is 1. The number of rotatable bonds is 7. The van der Waals surface area contributed by atoms with Gasteiger partial charge in [0.15, 0.2) is 6.23 Å². The third-order valence-corrected chi connectivity index (χ3v) is 3.44. The second-order valence-corrected chi connectivity index (χ2v) is 5.37. The lowest BCUT2D eigenvalue weighted by Gasteiger charge is -2.16. The van der Waals surface area contributed by atoms with E-state index in [9.17, 15) is 24.6 Å². The molecule has 0 unspecified atom stereocenters. The van der Waals surface area contributed by atoms with Crippen molar-refractivity contribution in [1.29, 1.82) is 0 Å². The Balaban J connectivity index is 1.96. The van der Waals surface area contributed by atoms with Crippen molar-refractivity contribution in [3.63, 3.8) is 0 Å². The van der Waals surface area contributed by atoms with Gasteiger partial charge in [0, 0.05) is 0 Å². The number of ether oxygens (including phenoxy) is 2. The van der Waals surface area contributed by atoms with E-state index >= 15 is 0 Å². The molecule has 1 aliphatic heterocycles. The van der Waals surface area contributed by atoms with Crippen LogP contribution in [0, 0.1) is 0 Å². The maximum atomic E-state index is 11.6. The number of primary amides is 2. The first-order valence-electron chi connectivity index (χ1n) is 7.13. The van der Waals surface area contributed by atoms with E-state index in [1.165, 1.54) is 0 Å². The highest BCUT2D eigenvalue weighted by molar-refractivity contribution is 5.88. The van der Waals surface area contributed by atoms with Gasteiger partial charge in [0.2, 0.25) is 11.7 Å². The molecule has 138 valence electrons. The van der Waals surface area contributed by atoms with Crippen molar-refractivity contribution in [2.24, 2.45) is 17.2 Å². The summed E-state index contributed by atoms with van der Waals surface area (Å²) in [5.74, 6) is -2.85. The fourth-order valence-electron chi connectivity index (χ4n) is 2.17. The minimum atomic E-state index is -1.43. The summed E-state index contributed by atoms with van der Waals surface area (Å²) in [6.07, 6.45) is -4.40. The molecule has 2 rings (SSSR count). The van der Waals surface area contributed by atoms with Crippen molar-refractivity contribution in [3.8, 4) is 0 Å². The Morgan fingerprint density at radius 2 is 2.00 bits per heavy atom. The summed E-state index contributed by atoms with van der Waals surface area (Å²) in [6, 6.07) is -1.25. The van der Waals surface area contributed by atoms with Crippen LogP contribution < -0.4 is 17.2 Å². The summed E-state index contributed by atoms with van der Waals surface area (Å²) in [5, 5.41) is 23.7. The zero-order valence-electron chi connectivity index (χ0n) is 12.9. The zero-order chi connectivity index (χ0) is 18.7. The van der Waals surface area contributed by atoms with Gasteiger partial charge >= 0.3 is 5.97 Å². The fourth-order valence-corrected chi connectivity index (χ4v) is 2.17. The van der Waals surface area contributed by atoms with Crippen molar-refractivity contribution in [2.45, 2.75) is 37.0 Å². The Morgan fingerprint density at radius 3 is 2.56 bits per heavy atom. The molecule has 1 aliphatic rings. The van der Waals surface area contributed by atoms with Crippen molar-refractivity contribution < 1.29 is 34.1 Å². The lowest BCUT2D eigenvalue weighted by atomic mass is 10.1. The largest absolute Gasteiger partial charge is 0.462 e. The number of aliphatic hydroxyl groups excluding tert-OH is 2. The molecule has 1 saturated heterocycles. The van der Waals surface area contributed by atoms with Gasteiger partial charge < -0.3 is 36.9 Å². The van der Waals surface area contributed by atoms with E-state index in [1.54, 1.807) is 0 Å². The molecule has 8 N–H and O–H groups in total. The van der Waals surface area contributed by atoms with Crippen LogP contribution >= 0.6 is 0 Å². The quantitative estimate of drug-likeness (QED) is 0.295. The Hall–Kier alpha value is -2.61. The maximum absolute atomic E-state index is 11.6. The zero-order valence-corrected chi connectivity index (χ0v) is 12.9. The third kappa shape index (κ3) is 4.27. The predicted octanol–water partition coefficient (Wildman–Crippen LogP) is -4.26. The van der Waals surface area contributed by atoms with Gasteiger partial charge in [-0.2, -0.15) is 0 Å². The molecule has 0 radical (unpaired) electrons. The van der Waals surface area contributed by atoms with E-state index in [4.69, 9.17) is 26.7 Å². The van der Waals surface area contributed by atoms with Crippen LogP contribution in [0.25, 0.3) is 0 Å². The smallest absolute Gasteiger partial charge is 0.323 e. The standard InChI is InChI=1S/C12H18N6O7/c13-4(1-6(14)19)12(23)24-2-5-7(20)8(21)11(25-5)18-3-16-10(17-18)9(15)22/h3-5,7-8,11,20-21H,1-2,13H2,(H2,14,19)(H2,15,22)/t4-,5-,7-,8-,11-/m1/s1. The van der Waals surface area contributed by atoms with E-state index < -0.39 is 61.4 Å². The normalized spacial score (nSPS) is 27.0. The second kappa shape index (κ2) is 7.52. The van der Waals surface area contributed by atoms with Crippen molar-refractivity contribution in [2.75, 3.05) is 6.61 Å². The average molecular weight is 358 g/mol. The molecule has 0 aliphatic carbocycles. The SMILES string of the molecule is NC(=O)C[C@@H](N)C(=O)OC[C@H]1O[C@@H](n2cnc(C(N)=O)n2)[C@H](O)[C@@H]1O. The van der Waals surface area contributed by atoms with Gasteiger partial charge in [-0.25, -0.2) is 9.67 Å². The summed E-state index contributed by atoms with van der Waals surface area (Å²) in [6.45, 7) is -0.433. The monoisotopic (exact) mass is 358 g/mol. The van der Waals surface area contributed by atoms with Gasteiger partial charge in [-0.05, 0) is 0 Å². The number of amides is 2. The third-order valence-electron chi connectivity index (χ3n) is 3.44. The van der Waals surface area contributed by atoms with E-state index in [0.717, 1.165) is 11.0 Å². The number of carbonyl (C=O) groups is 3. The summed E-state index contributed by atoms with van der Waals surface area (Å²) < 4.78 is 11.2. The highest BCUT2D eigenvalue weighted by Crippen LogP contribution is 2.29. The lowest BCUT2D eigenvalue weighted by Crippen LogP contribution is -2.39. The first kappa shape index (κ1) is 18.7. The minimum absolute atomic E-state index is 0.294. The topological polar surface area (TPSA) is 219 Å². The van der Waals surface area contributed by atoms with Gasteiger partial charge in [-0.1, -0.05) is 0 Å². The van der Waals surface area contributed by atoms with Crippen LogP contribution in [0.1, 0.15) is 23.3 Å². The number of hydrogen-bond acceptors (Lipinski definition) is 10. The molecule has 0 spiro atoms. The van der Waals surface area contributed by atoms with Gasteiger partial charge in [0.25, 0.3) is 5.91 Å². The van der Waals surface area contributed by atoms with Crippen LogP contribution in [-0.2, 0) is 19.1 Å². The summed E-state index contributed by atoms with van der Waals surface area (Å²) >= 11 is 0. The molecule has 1 fully saturated rings. The fraction of sp³-hybridized carbons (Fsp3) is 0.583. The van der Waals surface area contributed by atoms with Crippen molar-refractivity contribution in [3.05, 3.63) is 12.2 Å². The first-order valence-corrected chi connectivity index (χ1v) is 7.13.